The van der Waals surface area contributed by atoms with Gasteiger partial charge in [0.25, 0.3) is 0 Å². The van der Waals surface area contributed by atoms with Gasteiger partial charge in [-0.05, 0) is 60.8 Å². The molecule has 3 aromatic rings. The van der Waals surface area contributed by atoms with Crippen molar-refractivity contribution < 1.29 is 0 Å². The molecule has 0 aromatic carbocycles. The fourth-order valence-electron chi connectivity index (χ4n) is 7.48. The van der Waals surface area contributed by atoms with Crippen LogP contribution in [0.4, 0.5) is 0 Å². The van der Waals surface area contributed by atoms with Crippen LogP contribution < -0.4 is 0 Å². The van der Waals surface area contributed by atoms with Crippen LogP contribution in [0, 0.1) is 23.7 Å². The molecule has 12 bridgehead atoms. The van der Waals surface area contributed by atoms with Crippen LogP contribution in [0.2, 0.25) is 0 Å². The number of hydrogen-bond acceptors (Lipinski definition) is 6. The largest absolute Gasteiger partial charge is 0.325 e. The molecular formula is C26H22N8. The van der Waals surface area contributed by atoms with Crippen LogP contribution in [0.1, 0.15) is 59.8 Å². The first-order chi connectivity index (χ1) is 16.8. The first kappa shape index (κ1) is 17.8. The highest BCUT2D eigenvalue weighted by Gasteiger charge is 2.54. The fraction of sp³-hybridized carbons (Fsp3) is 0.385. The SMILES string of the molecule is C1=CC2CC1C1c3nc4nc(nc5ccc(nc6ccc(nc(n3)C21)[nH]6)[nH]5)C1C2C=CC(C2)C41. The van der Waals surface area contributed by atoms with Crippen LogP contribution in [-0.2, 0) is 0 Å². The van der Waals surface area contributed by atoms with E-state index in [0.717, 1.165) is 45.9 Å². The Balaban J connectivity index is 1.36. The van der Waals surface area contributed by atoms with Gasteiger partial charge in [-0.3, -0.25) is 0 Å². The number of H-pyrrole nitrogens is 2. The summed E-state index contributed by atoms with van der Waals surface area (Å²) in [6.45, 7) is 0. The number of rotatable bonds is 0. The van der Waals surface area contributed by atoms with Crippen LogP contribution in [0.25, 0.3) is 22.6 Å². The summed E-state index contributed by atoms with van der Waals surface area (Å²) in [6.07, 6.45) is 11.8. The molecule has 2 aliphatic heterocycles. The van der Waals surface area contributed by atoms with Crippen LogP contribution in [0.5, 0.6) is 0 Å². The topological polar surface area (TPSA) is 109 Å². The molecule has 0 spiro atoms. The van der Waals surface area contributed by atoms with Gasteiger partial charge >= 0.3 is 0 Å². The lowest BCUT2D eigenvalue weighted by Crippen LogP contribution is -2.14. The molecule has 8 heteroatoms. The second-order valence-corrected chi connectivity index (χ2v) is 10.6. The third-order valence-electron chi connectivity index (χ3n) is 8.82. The second-order valence-electron chi connectivity index (χ2n) is 10.6. The van der Waals surface area contributed by atoms with E-state index in [4.69, 9.17) is 29.9 Å². The Kier molecular flexibility index (Phi) is 3.16. The highest BCUT2D eigenvalue weighted by Crippen LogP contribution is 2.60. The molecule has 0 saturated heterocycles. The van der Waals surface area contributed by atoms with Crippen molar-refractivity contribution in [2.75, 3.05) is 0 Å². The Labute approximate surface area is 194 Å². The Hall–Kier alpha value is -3.68. The summed E-state index contributed by atoms with van der Waals surface area (Å²) in [5.41, 5.74) is 3.06. The number of aromatic amines is 2. The van der Waals surface area contributed by atoms with Gasteiger partial charge < -0.3 is 9.97 Å². The first-order valence-corrected chi connectivity index (χ1v) is 12.3. The Morgan fingerprint density at radius 3 is 1.15 bits per heavy atom. The van der Waals surface area contributed by atoms with Gasteiger partial charge in [-0.15, -0.1) is 0 Å². The Bertz CT molecular complexity index is 1480. The van der Waals surface area contributed by atoms with E-state index < -0.39 is 0 Å². The van der Waals surface area contributed by atoms with Gasteiger partial charge in [0.05, 0.1) is 0 Å². The van der Waals surface area contributed by atoms with Crippen LogP contribution in [0.3, 0.4) is 0 Å². The standard InChI is InChI=1S/C26H22N8/c1-3-13-9-11(1)19-21(13)25-32-23(19)30-17-7-5-15(28-17)27-16-6-8-18(29-16)31-24-20-12-2-4-14(10-12)22(20)26(33-24)34-25/h1-8,11-14,19-22H,9-10H2,(H2,27,28,29,30,31,32,33,34). The number of fused-ring (bicyclic) bond motifs is 22. The Morgan fingerprint density at radius 1 is 0.441 bits per heavy atom. The molecule has 166 valence electrons. The summed E-state index contributed by atoms with van der Waals surface area (Å²) in [7, 11) is 0. The lowest BCUT2D eigenvalue weighted by atomic mass is 9.83. The van der Waals surface area contributed by atoms with Gasteiger partial charge in [-0.1, -0.05) is 24.3 Å². The van der Waals surface area contributed by atoms with Gasteiger partial charge in [-0.25, -0.2) is 29.9 Å². The minimum atomic E-state index is 0.296. The van der Waals surface area contributed by atoms with E-state index in [0.29, 0.717) is 47.3 Å². The maximum absolute atomic E-state index is 5.22. The number of nitrogens with zero attached hydrogens (tertiary/aromatic N) is 6. The molecule has 4 aliphatic carbocycles. The molecule has 5 heterocycles. The lowest BCUT2D eigenvalue weighted by molar-refractivity contribution is 0.497. The highest BCUT2D eigenvalue weighted by atomic mass is 15.1. The molecule has 0 amide bonds. The second kappa shape index (κ2) is 6.05. The molecule has 8 nitrogen and oxygen atoms in total. The number of hydrogen-bond donors (Lipinski definition) is 2. The van der Waals surface area contributed by atoms with Crippen LogP contribution in [-0.4, -0.2) is 39.9 Å². The first-order valence-electron chi connectivity index (χ1n) is 12.3. The molecule has 2 fully saturated rings. The molecule has 3 aromatic heterocycles. The molecule has 2 N–H and O–H groups in total. The van der Waals surface area contributed by atoms with Gasteiger partial charge in [0, 0.05) is 23.7 Å². The van der Waals surface area contributed by atoms with E-state index >= 15 is 0 Å². The fourth-order valence-corrected chi connectivity index (χ4v) is 7.48. The van der Waals surface area contributed by atoms with Crippen molar-refractivity contribution in [3.63, 3.8) is 0 Å². The van der Waals surface area contributed by atoms with Crippen molar-refractivity contribution >= 4 is 22.6 Å². The van der Waals surface area contributed by atoms with Crippen molar-refractivity contribution in [3.8, 4) is 0 Å². The average molecular weight is 447 g/mol. The van der Waals surface area contributed by atoms with E-state index in [1.54, 1.807) is 0 Å². The van der Waals surface area contributed by atoms with Gasteiger partial charge in [0.15, 0.2) is 0 Å². The number of aromatic nitrogens is 8. The van der Waals surface area contributed by atoms with E-state index in [1.807, 2.05) is 24.3 Å². The molecule has 6 aliphatic rings. The van der Waals surface area contributed by atoms with Gasteiger partial charge in [-0.2, -0.15) is 0 Å². The molecule has 34 heavy (non-hydrogen) atoms. The zero-order valence-corrected chi connectivity index (χ0v) is 18.3. The summed E-state index contributed by atoms with van der Waals surface area (Å²) in [4.78, 5) is 36.6. The number of allylic oxidation sites excluding steroid dienone is 4. The molecular weight excluding hydrogens is 424 g/mol. The predicted octanol–water partition coefficient (Wildman–Crippen LogP) is 4.04. The highest BCUT2D eigenvalue weighted by molar-refractivity contribution is 5.57. The van der Waals surface area contributed by atoms with Crippen LogP contribution >= 0.6 is 0 Å². The molecule has 8 atom stereocenters. The lowest BCUT2D eigenvalue weighted by Gasteiger charge is -2.20. The number of nitrogens with one attached hydrogen (secondary N) is 2. The van der Waals surface area contributed by atoms with E-state index in [-0.39, 0.29) is 0 Å². The zero-order chi connectivity index (χ0) is 22.0. The van der Waals surface area contributed by atoms with E-state index in [1.165, 1.54) is 12.8 Å². The maximum Gasteiger partial charge on any atom is 0.137 e. The third-order valence-corrected chi connectivity index (χ3v) is 8.82. The summed E-state index contributed by atoms with van der Waals surface area (Å²) in [5, 5.41) is 0. The summed E-state index contributed by atoms with van der Waals surface area (Å²) < 4.78 is 0. The van der Waals surface area contributed by atoms with Gasteiger partial charge in [0.1, 0.15) is 45.9 Å². The smallest absolute Gasteiger partial charge is 0.137 e. The predicted molar refractivity (Wildman–Crippen MR) is 125 cm³/mol. The molecule has 2 saturated carbocycles. The van der Waals surface area contributed by atoms with Crippen molar-refractivity contribution in [1.82, 2.24) is 39.9 Å². The van der Waals surface area contributed by atoms with Crippen molar-refractivity contribution in [3.05, 3.63) is 71.9 Å². The molecule has 8 unspecified atom stereocenters. The van der Waals surface area contributed by atoms with E-state index in [2.05, 4.69) is 34.3 Å². The summed E-state index contributed by atoms with van der Waals surface area (Å²) in [6, 6.07) is 7.83. The van der Waals surface area contributed by atoms with Crippen LogP contribution in [0.15, 0.2) is 48.6 Å². The van der Waals surface area contributed by atoms with Gasteiger partial charge in [0.2, 0.25) is 0 Å². The zero-order valence-electron chi connectivity index (χ0n) is 18.3. The minimum Gasteiger partial charge on any atom is -0.325 e. The molecule has 0 radical (unpaired) electrons. The van der Waals surface area contributed by atoms with Crippen molar-refractivity contribution in [1.29, 1.82) is 0 Å². The quantitative estimate of drug-likeness (QED) is 0.505. The van der Waals surface area contributed by atoms with E-state index in [9.17, 15) is 0 Å². The maximum atomic E-state index is 5.22. The average Bonchev–Trinajstić information content (AvgIpc) is 3.66. The summed E-state index contributed by atoms with van der Waals surface area (Å²) in [5.74, 6) is 6.75. The van der Waals surface area contributed by atoms with Crippen molar-refractivity contribution in [2.45, 2.75) is 36.5 Å². The third kappa shape index (κ3) is 2.28. The summed E-state index contributed by atoms with van der Waals surface area (Å²) >= 11 is 0. The molecule has 9 rings (SSSR count). The van der Waals surface area contributed by atoms with Crippen molar-refractivity contribution in [2.24, 2.45) is 23.7 Å². The monoisotopic (exact) mass is 446 g/mol. The Morgan fingerprint density at radius 2 is 0.765 bits per heavy atom. The normalized spacial score (nSPS) is 35.8. The minimum absolute atomic E-state index is 0.296.